The second-order valence-corrected chi connectivity index (χ2v) is 10.2. The van der Waals surface area contributed by atoms with Crippen molar-refractivity contribution in [2.24, 2.45) is 5.10 Å². The summed E-state index contributed by atoms with van der Waals surface area (Å²) in [7, 11) is -3.50. The van der Waals surface area contributed by atoms with Crippen LogP contribution < -0.4 is 5.32 Å². The Hall–Kier alpha value is -1.39. The summed E-state index contributed by atoms with van der Waals surface area (Å²) in [5.41, 5.74) is 0. The predicted octanol–water partition coefficient (Wildman–Crippen LogP) is 2.33. The number of rotatable bonds is 4. The highest BCUT2D eigenvalue weighted by molar-refractivity contribution is 9.10. The summed E-state index contributed by atoms with van der Waals surface area (Å²) in [5, 5.41) is 8.14. The van der Waals surface area contributed by atoms with Gasteiger partial charge in [0.1, 0.15) is 4.87 Å². The summed E-state index contributed by atoms with van der Waals surface area (Å²) >= 11 is 4.44. The summed E-state index contributed by atoms with van der Waals surface area (Å²) in [4.78, 5) is 22.4. The Morgan fingerprint density at radius 2 is 1.88 bits per heavy atom. The number of hydrogen-bond donors (Lipinski definition) is 1. The molecule has 1 aromatic carbocycles. The van der Waals surface area contributed by atoms with Crippen molar-refractivity contribution in [3.8, 4) is 0 Å². The minimum atomic E-state index is -3.50. The molecule has 136 valence electrons. The van der Waals surface area contributed by atoms with Crippen molar-refractivity contribution in [2.45, 2.75) is 37.0 Å². The van der Waals surface area contributed by atoms with Gasteiger partial charge in [-0.3, -0.25) is 9.59 Å². The molecule has 0 aliphatic carbocycles. The monoisotopic (exact) mass is 447 g/mol. The van der Waals surface area contributed by atoms with Gasteiger partial charge in [0.15, 0.2) is 15.0 Å². The Morgan fingerprint density at radius 3 is 2.40 bits per heavy atom. The lowest BCUT2D eigenvalue weighted by molar-refractivity contribution is -0.131. The number of hydrazone groups is 1. The molecule has 1 N–H and O–H groups in total. The van der Waals surface area contributed by atoms with E-state index in [0.29, 0.717) is 0 Å². The van der Waals surface area contributed by atoms with Gasteiger partial charge in [-0.2, -0.15) is 0 Å². The minimum absolute atomic E-state index is 0.148. The standard InChI is InChI=1S/C15H18BrN3O4S2/c1-10(20)17-14-18-19(11(2)21)15(3,24-14)8-9-25(22,23)13-6-4-12(16)5-7-13/h4-7H,8-9H2,1-3H3,(H,17,18,20)/t15-/m1/s1. The van der Waals surface area contributed by atoms with Crippen molar-refractivity contribution in [1.29, 1.82) is 0 Å². The van der Waals surface area contributed by atoms with E-state index in [9.17, 15) is 18.0 Å². The molecule has 0 saturated carbocycles. The third kappa shape index (κ3) is 4.83. The summed E-state index contributed by atoms with van der Waals surface area (Å²) in [6, 6.07) is 6.40. The molecule has 10 heteroatoms. The minimum Gasteiger partial charge on any atom is -0.304 e. The maximum absolute atomic E-state index is 12.5. The number of thioether (sulfide) groups is 1. The Labute approximate surface area is 159 Å². The topological polar surface area (TPSA) is 95.9 Å². The zero-order valence-corrected chi connectivity index (χ0v) is 17.2. The van der Waals surface area contributed by atoms with Gasteiger partial charge in [0.25, 0.3) is 0 Å². The Bertz CT molecular complexity index is 824. The molecule has 0 radical (unpaired) electrons. The highest BCUT2D eigenvalue weighted by atomic mass is 79.9. The van der Waals surface area contributed by atoms with Gasteiger partial charge in [-0.05, 0) is 37.6 Å². The van der Waals surface area contributed by atoms with Crippen LogP contribution in [0.25, 0.3) is 0 Å². The SMILES string of the molecule is CC(=O)NC1=NN(C(C)=O)[C@@](C)(CCS(=O)(=O)c2ccc(Br)cc2)S1. The molecule has 0 spiro atoms. The molecular weight excluding hydrogens is 430 g/mol. The van der Waals surface area contributed by atoms with Gasteiger partial charge >= 0.3 is 0 Å². The van der Waals surface area contributed by atoms with Gasteiger partial charge in [0.05, 0.1) is 10.6 Å². The van der Waals surface area contributed by atoms with Crippen LogP contribution in [0.1, 0.15) is 27.2 Å². The highest BCUT2D eigenvalue weighted by Gasteiger charge is 2.43. The molecule has 2 rings (SSSR count). The van der Waals surface area contributed by atoms with Crippen molar-refractivity contribution in [1.82, 2.24) is 10.3 Å². The van der Waals surface area contributed by atoms with E-state index in [1.165, 1.54) is 42.8 Å². The molecule has 1 aliphatic rings. The summed E-state index contributed by atoms with van der Waals surface area (Å²) < 4.78 is 25.9. The molecule has 1 heterocycles. The fourth-order valence-corrected chi connectivity index (χ4v) is 5.35. The van der Waals surface area contributed by atoms with Crippen LogP contribution in [-0.4, -0.2) is 41.0 Å². The molecule has 1 aliphatic heterocycles. The van der Waals surface area contributed by atoms with Crippen LogP contribution in [0.5, 0.6) is 0 Å². The molecule has 7 nitrogen and oxygen atoms in total. The largest absolute Gasteiger partial charge is 0.304 e. The number of amidine groups is 1. The highest BCUT2D eigenvalue weighted by Crippen LogP contribution is 2.39. The fourth-order valence-electron chi connectivity index (χ4n) is 2.31. The number of carbonyl (C=O) groups excluding carboxylic acids is 2. The van der Waals surface area contributed by atoms with Gasteiger partial charge < -0.3 is 5.32 Å². The fraction of sp³-hybridized carbons (Fsp3) is 0.400. The van der Waals surface area contributed by atoms with E-state index in [4.69, 9.17) is 0 Å². The van der Waals surface area contributed by atoms with E-state index in [1.807, 2.05) is 0 Å². The van der Waals surface area contributed by atoms with Crippen LogP contribution in [0.3, 0.4) is 0 Å². The molecule has 25 heavy (non-hydrogen) atoms. The van der Waals surface area contributed by atoms with Crippen LogP contribution in [0.15, 0.2) is 38.7 Å². The lowest BCUT2D eigenvalue weighted by Crippen LogP contribution is -2.41. The van der Waals surface area contributed by atoms with Gasteiger partial charge in [0, 0.05) is 18.3 Å². The Balaban J connectivity index is 2.16. The maximum atomic E-state index is 12.5. The Kier molecular flexibility index (Phi) is 5.95. The number of hydrogen-bond acceptors (Lipinski definition) is 6. The van der Waals surface area contributed by atoms with Gasteiger partial charge in [-0.1, -0.05) is 27.7 Å². The number of nitrogens with zero attached hydrogens (tertiary/aromatic N) is 2. The zero-order valence-electron chi connectivity index (χ0n) is 13.9. The number of benzene rings is 1. The molecule has 1 aromatic rings. The number of amides is 2. The van der Waals surface area contributed by atoms with E-state index in [2.05, 4.69) is 26.3 Å². The number of carbonyl (C=O) groups is 2. The number of nitrogens with one attached hydrogen (secondary N) is 1. The van der Waals surface area contributed by atoms with Crippen LogP contribution >= 0.6 is 27.7 Å². The van der Waals surface area contributed by atoms with Crippen molar-refractivity contribution in [2.75, 3.05) is 5.75 Å². The van der Waals surface area contributed by atoms with E-state index >= 15 is 0 Å². The van der Waals surface area contributed by atoms with Crippen LogP contribution in [0.2, 0.25) is 0 Å². The number of sulfone groups is 1. The molecular formula is C15H18BrN3O4S2. The number of halogens is 1. The Morgan fingerprint density at radius 1 is 1.28 bits per heavy atom. The summed E-state index contributed by atoms with van der Waals surface area (Å²) in [5.74, 6) is -0.775. The first-order valence-corrected chi connectivity index (χ1v) is 10.6. The van der Waals surface area contributed by atoms with E-state index in [-0.39, 0.29) is 34.1 Å². The normalized spacial score (nSPS) is 20.3. The molecule has 0 saturated heterocycles. The van der Waals surface area contributed by atoms with Crippen molar-refractivity contribution < 1.29 is 18.0 Å². The van der Waals surface area contributed by atoms with Gasteiger partial charge in [0.2, 0.25) is 11.8 Å². The smallest absolute Gasteiger partial charge is 0.240 e. The third-order valence-corrected chi connectivity index (χ3v) is 7.00. The van der Waals surface area contributed by atoms with Crippen LogP contribution in [0.4, 0.5) is 0 Å². The first-order valence-electron chi connectivity index (χ1n) is 7.38. The average Bonchev–Trinajstić information content (AvgIpc) is 2.82. The molecule has 2 amide bonds. The van der Waals surface area contributed by atoms with Gasteiger partial charge in [-0.15, -0.1) is 5.10 Å². The van der Waals surface area contributed by atoms with Crippen molar-refractivity contribution in [3.63, 3.8) is 0 Å². The quantitative estimate of drug-likeness (QED) is 0.763. The second-order valence-electron chi connectivity index (χ2n) is 5.72. The van der Waals surface area contributed by atoms with E-state index in [0.717, 1.165) is 4.47 Å². The predicted molar refractivity (Wildman–Crippen MR) is 101 cm³/mol. The first-order chi connectivity index (χ1) is 11.5. The van der Waals surface area contributed by atoms with Crippen LogP contribution in [0, 0.1) is 0 Å². The molecule has 1 atom stereocenters. The van der Waals surface area contributed by atoms with Crippen molar-refractivity contribution >= 4 is 54.5 Å². The van der Waals surface area contributed by atoms with Crippen molar-refractivity contribution in [3.05, 3.63) is 28.7 Å². The first kappa shape index (κ1) is 19.9. The van der Waals surface area contributed by atoms with E-state index < -0.39 is 14.7 Å². The summed E-state index contributed by atoms with van der Waals surface area (Å²) in [6.45, 7) is 4.42. The maximum Gasteiger partial charge on any atom is 0.240 e. The molecule has 0 aromatic heterocycles. The summed E-state index contributed by atoms with van der Waals surface area (Å²) in [6.07, 6.45) is 0.169. The van der Waals surface area contributed by atoms with Crippen LogP contribution in [-0.2, 0) is 19.4 Å². The molecule has 0 bridgehead atoms. The average molecular weight is 448 g/mol. The molecule has 0 fully saturated rings. The van der Waals surface area contributed by atoms with E-state index in [1.54, 1.807) is 19.1 Å². The second kappa shape index (κ2) is 7.46. The lowest BCUT2D eigenvalue weighted by atomic mass is 10.2. The lowest BCUT2D eigenvalue weighted by Gasteiger charge is -2.30. The zero-order chi connectivity index (χ0) is 18.8. The van der Waals surface area contributed by atoms with Gasteiger partial charge in [-0.25, -0.2) is 13.4 Å². The molecule has 0 unspecified atom stereocenters. The third-order valence-electron chi connectivity index (χ3n) is 3.54.